The van der Waals surface area contributed by atoms with Gasteiger partial charge in [-0.1, -0.05) is 120 Å². The molecule has 0 spiro atoms. The van der Waals surface area contributed by atoms with E-state index in [1.54, 1.807) is 0 Å². The molecule has 3 atom stereocenters. The van der Waals surface area contributed by atoms with Gasteiger partial charge in [-0.05, 0) is 38.5 Å². The van der Waals surface area contributed by atoms with Gasteiger partial charge in [0, 0.05) is 13.0 Å². The van der Waals surface area contributed by atoms with Gasteiger partial charge in [0.05, 0.1) is 26.4 Å². The highest BCUT2D eigenvalue weighted by Gasteiger charge is 2.26. The van der Waals surface area contributed by atoms with Crippen molar-refractivity contribution in [1.29, 1.82) is 0 Å². The first-order valence-electron chi connectivity index (χ1n) is 16.6. The quantitative estimate of drug-likeness (QED) is 0.0298. The summed E-state index contributed by atoms with van der Waals surface area (Å²) in [6.45, 7) is 3.26. The van der Waals surface area contributed by atoms with Gasteiger partial charge in [0.15, 0.2) is 0 Å². The topological polar surface area (TPSA) is 132 Å². The maximum atomic E-state index is 12.4. The Hall–Kier alpha value is -1.58. The van der Waals surface area contributed by atoms with Crippen molar-refractivity contribution in [2.75, 3.05) is 33.0 Å². The second kappa shape index (κ2) is 31.4. The molecule has 3 N–H and O–H groups in total. The van der Waals surface area contributed by atoms with Crippen LogP contribution < -0.4 is 0 Å². The molecule has 0 aliphatic rings. The van der Waals surface area contributed by atoms with Gasteiger partial charge in [0.1, 0.15) is 12.2 Å². The van der Waals surface area contributed by atoms with Crippen molar-refractivity contribution in [3.63, 3.8) is 0 Å². The summed E-state index contributed by atoms with van der Waals surface area (Å²) < 4.78 is 33.0. The molecule has 0 saturated heterocycles. The van der Waals surface area contributed by atoms with Crippen LogP contribution in [-0.4, -0.2) is 66.3 Å². The summed E-state index contributed by atoms with van der Waals surface area (Å²) in [6, 6.07) is 0. The van der Waals surface area contributed by atoms with E-state index in [2.05, 4.69) is 54.8 Å². The molecular formula is C34H61O9P. The Morgan fingerprint density at radius 1 is 0.727 bits per heavy atom. The molecule has 0 fully saturated rings. The van der Waals surface area contributed by atoms with Gasteiger partial charge in [-0.3, -0.25) is 13.8 Å². The van der Waals surface area contributed by atoms with Crippen molar-refractivity contribution in [3.05, 3.63) is 48.6 Å². The number of aliphatic hydroxyl groups excluding tert-OH is 2. The van der Waals surface area contributed by atoms with Crippen LogP contribution in [0.25, 0.3) is 0 Å². The fourth-order valence-corrected chi connectivity index (χ4v) is 4.80. The van der Waals surface area contributed by atoms with Crippen LogP contribution in [0.15, 0.2) is 48.6 Å². The minimum Gasteiger partial charge on any atom is -0.457 e. The van der Waals surface area contributed by atoms with E-state index in [0.29, 0.717) is 13.0 Å². The second-order valence-electron chi connectivity index (χ2n) is 10.8. The van der Waals surface area contributed by atoms with E-state index < -0.39 is 45.8 Å². The van der Waals surface area contributed by atoms with Gasteiger partial charge >= 0.3 is 13.8 Å². The Bertz CT molecular complexity index is 826. The monoisotopic (exact) mass is 644 g/mol. The molecule has 0 saturated carbocycles. The summed E-state index contributed by atoms with van der Waals surface area (Å²) in [5.41, 5.74) is 0. The number of carbonyl (C=O) groups is 1. The highest BCUT2D eigenvalue weighted by Crippen LogP contribution is 2.43. The first kappa shape index (κ1) is 42.4. The molecule has 3 unspecified atom stereocenters. The van der Waals surface area contributed by atoms with Crippen LogP contribution in [0.5, 0.6) is 0 Å². The van der Waals surface area contributed by atoms with Crippen molar-refractivity contribution in [3.8, 4) is 0 Å². The molecule has 0 aliphatic carbocycles. The number of aliphatic hydroxyl groups is 2. The number of phosphoric ester groups is 1. The van der Waals surface area contributed by atoms with Gasteiger partial charge in [-0.15, -0.1) is 0 Å². The molecule has 0 aliphatic heterocycles. The maximum Gasteiger partial charge on any atom is 0.472 e. The van der Waals surface area contributed by atoms with Crippen LogP contribution in [0.3, 0.4) is 0 Å². The lowest BCUT2D eigenvalue weighted by Gasteiger charge is -2.20. The third-order valence-electron chi connectivity index (χ3n) is 6.54. The Morgan fingerprint density at radius 3 is 1.82 bits per heavy atom. The Labute approximate surface area is 267 Å². The maximum absolute atomic E-state index is 12.4. The van der Waals surface area contributed by atoms with E-state index in [4.69, 9.17) is 19.1 Å². The number of allylic oxidation sites excluding steroid dienone is 8. The molecule has 44 heavy (non-hydrogen) atoms. The highest BCUT2D eigenvalue weighted by molar-refractivity contribution is 7.47. The number of unbranched alkanes of at least 4 members (excludes halogenated alkanes) is 9. The third-order valence-corrected chi connectivity index (χ3v) is 7.49. The molecule has 256 valence electrons. The van der Waals surface area contributed by atoms with E-state index >= 15 is 0 Å². The zero-order valence-corrected chi connectivity index (χ0v) is 28.3. The minimum absolute atomic E-state index is 0.0202. The van der Waals surface area contributed by atoms with Crippen LogP contribution in [0.4, 0.5) is 0 Å². The van der Waals surface area contributed by atoms with Crippen molar-refractivity contribution >= 4 is 13.8 Å². The average Bonchev–Trinajstić information content (AvgIpc) is 3.01. The van der Waals surface area contributed by atoms with Crippen LogP contribution in [0.1, 0.15) is 117 Å². The van der Waals surface area contributed by atoms with Gasteiger partial charge in [-0.25, -0.2) is 4.57 Å². The number of hydrogen-bond acceptors (Lipinski definition) is 8. The SMILES string of the molecule is CC/C=C\C/C=C\C/C=C\C/C=C\CCC(=O)OC(COCCCCCCCCCCCC)COP(=O)(O)OCC(O)CO. The number of phosphoric acid groups is 1. The zero-order valence-electron chi connectivity index (χ0n) is 27.4. The van der Waals surface area contributed by atoms with Crippen molar-refractivity contribution < 1.29 is 43.0 Å². The summed E-state index contributed by atoms with van der Waals surface area (Å²) in [5.74, 6) is -0.465. The predicted octanol–water partition coefficient (Wildman–Crippen LogP) is 7.91. The van der Waals surface area contributed by atoms with Gasteiger partial charge in [-0.2, -0.15) is 0 Å². The lowest BCUT2D eigenvalue weighted by Crippen LogP contribution is -2.29. The molecule has 0 aromatic carbocycles. The van der Waals surface area contributed by atoms with E-state index in [0.717, 1.165) is 44.9 Å². The first-order valence-corrected chi connectivity index (χ1v) is 18.1. The standard InChI is InChI=1S/C34H61O9P/c1-3-5-7-9-11-13-15-16-17-18-20-22-24-26-34(37)43-33(31-42-44(38,39)41-29-32(36)28-35)30-40-27-25-23-21-19-14-12-10-8-6-4-2/h5,7,11,13,16-17,20,22,32-33,35-36H,3-4,6,8-10,12,14-15,18-19,21,23-31H2,1-2H3,(H,38,39)/b7-5-,13-11-,17-16-,22-20-. The number of hydrogen-bond donors (Lipinski definition) is 3. The van der Waals surface area contributed by atoms with E-state index in [1.807, 2.05) is 12.2 Å². The molecule has 10 heteroatoms. The molecule has 0 rings (SSSR count). The van der Waals surface area contributed by atoms with Crippen LogP contribution in [0.2, 0.25) is 0 Å². The fraction of sp³-hybridized carbons (Fsp3) is 0.735. The number of carbonyl (C=O) groups excluding carboxylic acids is 1. The summed E-state index contributed by atoms with van der Waals surface area (Å²) in [4.78, 5) is 22.3. The smallest absolute Gasteiger partial charge is 0.457 e. The van der Waals surface area contributed by atoms with Crippen molar-refractivity contribution in [1.82, 2.24) is 0 Å². The van der Waals surface area contributed by atoms with Crippen LogP contribution in [-0.2, 0) is 27.9 Å². The zero-order chi connectivity index (χ0) is 32.6. The highest BCUT2D eigenvalue weighted by atomic mass is 31.2. The van der Waals surface area contributed by atoms with E-state index in [9.17, 15) is 19.4 Å². The van der Waals surface area contributed by atoms with Crippen molar-refractivity contribution in [2.45, 2.75) is 129 Å². The van der Waals surface area contributed by atoms with E-state index in [1.165, 1.54) is 44.9 Å². The molecule has 0 aromatic heterocycles. The predicted molar refractivity (Wildman–Crippen MR) is 177 cm³/mol. The lowest BCUT2D eigenvalue weighted by molar-refractivity contribution is -0.154. The molecule has 0 heterocycles. The Morgan fingerprint density at radius 2 is 1.25 bits per heavy atom. The molecule has 0 radical (unpaired) electrons. The van der Waals surface area contributed by atoms with Crippen LogP contribution >= 0.6 is 7.82 Å². The second-order valence-corrected chi connectivity index (χ2v) is 12.3. The Kier molecular flexibility index (Phi) is 30.3. The summed E-state index contributed by atoms with van der Waals surface area (Å²) in [5, 5.41) is 18.2. The molecule has 0 amide bonds. The average molecular weight is 645 g/mol. The van der Waals surface area contributed by atoms with Gasteiger partial charge < -0.3 is 24.6 Å². The summed E-state index contributed by atoms with van der Waals surface area (Å²) in [7, 11) is -4.52. The lowest BCUT2D eigenvalue weighted by atomic mass is 10.1. The van der Waals surface area contributed by atoms with E-state index in [-0.39, 0.29) is 13.0 Å². The molecule has 9 nitrogen and oxygen atoms in total. The van der Waals surface area contributed by atoms with Gasteiger partial charge in [0.2, 0.25) is 0 Å². The fourth-order valence-electron chi connectivity index (χ4n) is 4.01. The molecule has 0 aromatic rings. The normalized spacial score (nSPS) is 15.1. The van der Waals surface area contributed by atoms with Crippen LogP contribution in [0, 0.1) is 0 Å². The van der Waals surface area contributed by atoms with Gasteiger partial charge in [0.25, 0.3) is 0 Å². The summed E-state index contributed by atoms with van der Waals surface area (Å²) in [6.07, 6.45) is 30.9. The number of rotatable bonds is 31. The first-order chi connectivity index (χ1) is 21.3. The largest absolute Gasteiger partial charge is 0.472 e. The number of esters is 1. The molecule has 0 bridgehead atoms. The molecular weight excluding hydrogens is 583 g/mol. The third kappa shape index (κ3) is 30.4. The summed E-state index contributed by atoms with van der Waals surface area (Å²) >= 11 is 0. The number of ether oxygens (including phenoxy) is 2. The van der Waals surface area contributed by atoms with Crippen molar-refractivity contribution in [2.24, 2.45) is 0 Å². The minimum atomic E-state index is -4.52. The Balaban J connectivity index is 4.44.